The SMILES string of the molecule is C#C.CC1(C)c2ccccc2-n2c3cc(N(c4ccccc4)c4ccc5c(c4)C4(c6ccccc6-c6ccccc64)c4ccccc4-5)ccc3c3cccc1c32. The first-order valence-electron chi connectivity index (χ1n) is 19.4. The molecule has 9 aromatic rings. The Morgan fingerprint density at radius 1 is 0.411 bits per heavy atom. The number of nitrogens with zero attached hydrogens (tertiary/aromatic N) is 2. The van der Waals surface area contributed by atoms with Crippen molar-refractivity contribution in [3.05, 3.63) is 215 Å². The quantitative estimate of drug-likeness (QED) is 0.165. The molecule has 0 saturated heterocycles. The molecule has 8 aromatic carbocycles. The fraction of sp³-hybridized carbons (Fsp3) is 0.0741. The largest absolute Gasteiger partial charge is 0.310 e. The van der Waals surface area contributed by atoms with Gasteiger partial charge in [-0.25, -0.2) is 0 Å². The van der Waals surface area contributed by atoms with Crippen LogP contribution in [0.5, 0.6) is 0 Å². The average molecular weight is 715 g/mol. The Hall–Kier alpha value is -7.08. The molecule has 0 atom stereocenters. The van der Waals surface area contributed by atoms with E-state index in [9.17, 15) is 0 Å². The van der Waals surface area contributed by atoms with E-state index in [4.69, 9.17) is 0 Å². The summed E-state index contributed by atoms with van der Waals surface area (Å²) >= 11 is 0. The second kappa shape index (κ2) is 11.7. The molecule has 3 aliphatic rings. The van der Waals surface area contributed by atoms with Gasteiger partial charge in [-0.2, -0.15) is 0 Å². The summed E-state index contributed by atoms with van der Waals surface area (Å²) in [6.07, 6.45) is 8.00. The summed E-state index contributed by atoms with van der Waals surface area (Å²) in [6.45, 7) is 4.73. The summed E-state index contributed by atoms with van der Waals surface area (Å²) in [4.78, 5) is 2.45. The zero-order valence-electron chi connectivity index (χ0n) is 31.4. The van der Waals surface area contributed by atoms with E-state index >= 15 is 0 Å². The molecule has 1 aliphatic heterocycles. The molecule has 0 N–H and O–H groups in total. The van der Waals surface area contributed by atoms with Crippen LogP contribution in [-0.4, -0.2) is 4.57 Å². The molecular weight excluding hydrogens is 677 g/mol. The predicted molar refractivity (Wildman–Crippen MR) is 234 cm³/mol. The van der Waals surface area contributed by atoms with Crippen molar-refractivity contribution in [3.8, 4) is 40.8 Å². The lowest BCUT2D eigenvalue weighted by molar-refractivity contribution is 0.630. The molecule has 0 unspecified atom stereocenters. The molecule has 2 heteroatoms. The summed E-state index contributed by atoms with van der Waals surface area (Å²) in [5, 5.41) is 2.58. The molecule has 0 saturated carbocycles. The van der Waals surface area contributed by atoms with Crippen molar-refractivity contribution in [1.29, 1.82) is 0 Å². The Labute approximate surface area is 327 Å². The maximum Gasteiger partial charge on any atom is 0.0726 e. The molecule has 1 spiro atoms. The van der Waals surface area contributed by atoms with Gasteiger partial charge in [-0.15, -0.1) is 12.8 Å². The second-order valence-electron chi connectivity index (χ2n) is 15.7. The topological polar surface area (TPSA) is 8.17 Å². The Morgan fingerprint density at radius 3 is 1.59 bits per heavy atom. The van der Waals surface area contributed by atoms with Gasteiger partial charge in [0.1, 0.15) is 0 Å². The molecular formula is C54H38N2. The fourth-order valence-corrected chi connectivity index (χ4v) is 10.5. The lowest BCUT2D eigenvalue weighted by Crippen LogP contribution is -2.26. The van der Waals surface area contributed by atoms with Gasteiger partial charge in [-0.05, 0) is 98.1 Å². The number of anilines is 3. The van der Waals surface area contributed by atoms with Crippen molar-refractivity contribution in [1.82, 2.24) is 4.57 Å². The lowest BCUT2D eigenvalue weighted by atomic mass is 9.70. The zero-order chi connectivity index (χ0) is 37.8. The molecule has 2 heterocycles. The van der Waals surface area contributed by atoms with E-state index in [-0.39, 0.29) is 5.41 Å². The molecule has 0 radical (unpaired) electrons. The van der Waals surface area contributed by atoms with Crippen molar-refractivity contribution in [2.24, 2.45) is 0 Å². The van der Waals surface area contributed by atoms with E-state index in [0.717, 1.165) is 17.1 Å². The summed E-state index contributed by atoms with van der Waals surface area (Å²) in [5.41, 5.74) is 20.1. The van der Waals surface area contributed by atoms with Crippen LogP contribution >= 0.6 is 0 Å². The van der Waals surface area contributed by atoms with E-state index in [1.54, 1.807) is 0 Å². The van der Waals surface area contributed by atoms with E-state index in [2.05, 4.69) is 218 Å². The van der Waals surface area contributed by atoms with Crippen LogP contribution in [0.4, 0.5) is 17.1 Å². The minimum Gasteiger partial charge on any atom is -0.310 e. The second-order valence-corrected chi connectivity index (χ2v) is 15.7. The third kappa shape index (κ3) is 4.02. The van der Waals surface area contributed by atoms with Crippen molar-refractivity contribution in [2.75, 3.05) is 4.90 Å². The molecule has 12 rings (SSSR count). The summed E-state index contributed by atoms with van der Waals surface area (Å²) in [5.74, 6) is 0. The number of hydrogen-bond donors (Lipinski definition) is 0. The van der Waals surface area contributed by atoms with Crippen molar-refractivity contribution in [2.45, 2.75) is 24.7 Å². The summed E-state index contributed by atoms with van der Waals surface area (Å²) in [7, 11) is 0. The van der Waals surface area contributed by atoms with Crippen molar-refractivity contribution in [3.63, 3.8) is 0 Å². The van der Waals surface area contributed by atoms with E-state index in [1.807, 2.05) is 0 Å². The van der Waals surface area contributed by atoms with Gasteiger partial charge < -0.3 is 9.47 Å². The van der Waals surface area contributed by atoms with Crippen molar-refractivity contribution < 1.29 is 0 Å². The molecule has 1 aromatic heterocycles. The first-order valence-corrected chi connectivity index (χ1v) is 19.4. The van der Waals surface area contributed by atoms with Gasteiger partial charge in [-0.1, -0.05) is 153 Å². The van der Waals surface area contributed by atoms with E-state index in [0.29, 0.717) is 0 Å². The average Bonchev–Trinajstić information content (AvgIpc) is 3.86. The monoisotopic (exact) mass is 714 g/mol. The standard InChI is InChI=1S/C52H36N2.C2H2/c1-51(2)45-24-12-13-26-48(45)54-49-32-35(28-30-40(49)41-20-14-25-46(51)50(41)54)53(33-15-4-3-5-16-33)34-27-29-39-38-19-8-11-23-44(38)52(47(39)31-34)42-21-9-6-17-36(42)37-18-7-10-22-43(37)52;1-2/h3-32H,1-2H3;1-2H. The normalized spacial score (nSPS) is 14.3. The first-order chi connectivity index (χ1) is 27.6. The minimum absolute atomic E-state index is 0.102. The molecule has 0 bridgehead atoms. The third-order valence-electron chi connectivity index (χ3n) is 12.8. The highest BCUT2D eigenvalue weighted by molar-refractivity contribution is 6.12. The van der Waals surface area contributed by atoms with Gasteiger partial charge in [-0.3, -0.25) is 0 Å². The van der Waals surface area contributed by atoms with E-state index < -0.39 is 5.41 Å². The molecule has 56 heavy (non-hydrogen) atoms. The molecule has 0 fully saturated rings. The lowest BCUT2D eigenvalue weighted by Gasteiger charge is -2.34. The van der Waals surface area contributed by atoms with Crippen LogP contribution in [0, 0.1) is 12.8 Å². The smallest absolute Gasteiger partial charge is 0.0726 e. The van der Waals surface area contributed by atoms with Crippen LogP contribution in [0.2, 0.25) is 0 Å². The van der Waals surface area contributed by atoms with Crippen LogP contribution in [0.25, 0.3) is 49.7 Å². The molecule has 0 amide bonds. The van der Waals surface area contributed by atoms with Crippen LogP contribution < -0.4 is 4.90 Å². The number of rotatable bonds is 3. The van der Waals surface area contributed by atoms with Crippen LogP contribution in [0.15, 0.2) is 182 Å². The summed E-state index contributed by atoms with van der Waals surface area (Å²) in [6, 6.07) is 68.1. The van der Waals surface area contributed by atoms with E-state index in [1.165, 1.54) is 83.1 Å². The highest BCUT2D eigenvalue weighted by atomic mass is 15.1. The van der Waals surface area contributed by atoms with Crippen LogP contribution in [0.1, 0.15) is 47.2 Å². The fourth-order valence-electron chi connectivity index (χ4n) is 10.5. The Kier molecular flexibility index (Phi) is 6.77. The Bertz CT molecular complexity index is 3020. The first kappa shape index (κ1) is 32.4. The highest BCUT2D eigenvalue weighted by Crippen LogP contribution is 2.63. The zero-order valence-corrected chi connectivity index (χ0v) is 31.4. The minimum atomic E-state index is -0.405. The van der Waals surface area contributed by atoms with Gasteiger partial charge >= 0.3 is 0 Å². The van der Waals surface area contributed by atoms with Gasteiger partial charge in [0.25, 0.3) is 0 Å². The molecule has 2 nitrogen and oxygen atoms in total. The maximum absolute atomic E-state index is 4.00. The third-order valence-corrected chi connectivity index (χ3v) is 12.8. The summed E-state index contributed by atoms with van der Waals surface area (Å²) < 4.78 is 2.52. The molecule has 2 aliphatic carbocycles. The highest BCUT2D eigenvalue weighted by Gasteiger charge is 2.51. The number of benzene rings is 8. The predicted octanol–water partition coefficient (Wildman–Crippen LogP) is 13.5. The van der Waals surface area contributed by atoms with Gasteiger partial charge in [0.05, 0.1) is 22.1 Å². The molecule has 264 valence electrons. The van der Waals surface area contributed by atoms with Crippen LogP contribution in [0.3, 0.4) is 0 Å². The number of aromatic nitrogens is 1. The Balaban J connectivity index is 0.00000179. The number of para-hydroxylation sites is 3. The van der Waals surface area contributed by atoms with Gasteiger partial charge in [0.2, 0.25) is 0 Å². The number of terminal acetylenes is 1. The Morgan fingerprint density at radius 2 is 0.929 bits per heavy atom. The number of fused-ring (bicyclic) bond motifs is 15. The number of hydrogen-bond acceptors (Lipinski definition) is 1. The van der Waals surface area contributed by atoms with Gasteiger partial charge in [0.15, 0.2) is 0 Å². The maximum atomic E-state index is 4.00. The van der Waals surface area contributed by atoms with Crippen molar-refractivity contribution >= 4 is 38.9 Å². The van der Waals surface area contributed by atoms with Crippen LogP contribution in [-0.2, 0) is 10.8 Å². The van der Waals surface area contributed by atoms with Gasteiger partial charge in [0, 0.05) is 33.2 Å².